The van der Waals surface area contributed by atoms with Gasteiger partial charge in [-0.1, -0.05) is 36.4 Å². The SMILES string of the molecule is CCOC(=O)C=Cc1ccc(O)cc1-c1ccccc1. The number of hydrogen-bond donors (Lipinski definition) is 1. The van der Waals surface area contributed by atoms with Crippen LogP contribution in [0.2, 0.25) is 0 Å². The Morgan fingerprint density at radius 3 is 2.65 bits per heavy atom. The number of ether oxygens (including phenoxy) is 1. The van der Waals surface area contributed by atoms with Gasteiger partial charge in [-0.05, 0) is 41.8 Å². The van der Waals surface area contributed by atoms with Crippen LogP contribution in [0.4, 0.5) is 0 Å². The monoisotopic (exact) mass is 268 g/mol. The Labute approximate surface area is 118 Å². The van der Waals surface area contributed by atoms with Crippen molar-refractivity contribution in [2.24, 2.45) is 0 Å². The van der Waals surface area contributed by atoms with Crippen LogP contribution in [-0.2, 0) is 9.53 Å². The van der Waals surface area contributed by atoms with Crippen LogP contribution in [0.25, 0.3) is 17.2 Å². The molecule has 2 aromatic rings. The fourth-order valence-electron chi connectivity index (χ4n) is 1.91. The Bertz CT molecular complexity index is 615. The summed E-state index contributed by atoms with van der Waals surface area (Å²) >= 11 is 0. The van der Waals surface area contributed by atoms with Gasteiger partial charge in [0.15, 0.2) is 0 Å². The van der Waals surface area contributed by atoms with Gasteiger partial charge in [-0.25, -0.2) is 4.79 Å². The molecule has 0 aliphatic rings. The van der Waals surface area contributed by atoms with Gasteiger partial charge in [0.2, 0.25) is 0 Å². The molecule has 0 atom stereocenters. The minimum Gasteiger partial charge on any atom is -0.508 e. The second-order valence-electron chi connectivity index (χ2n) is 4.22. The number of rotatable bonds is 4. The van der Waals surface area contributed by atoms with E-state index < -0.39 is 0 Å². The van der Waals surface area contributed by atoms with Gasteiger partial charge in [0.05, 0.1) is 6.61 Å². The van der Waals surface area contributed by atoms with E-state index in [4.69, 9.17) is 4.74 Å². The largest absolute Gasteiger partial charge is 0.508 e. The van der Waals surface area contributed by atoms with E-state index in [1.807, 2.05) is 30.3 Å². The van der Waals surface area contributed by atoms with E-state index in [0.29, 0.717) is 6.61 Å². The fraction of sp³-hybridized carbons (Fsp3) is 0.118. The molecule has 0 saturated heterocycles. The second-order valence-corrected chi connectivity index (χ2v) is 4.22. The molecule has 102 valence electrons. The van der Waals surface area contributed by atoms with E-state index >= 15 is 0 Å². The van der Waals surface area contributed by atoms with Gasteiger partial charge in [0.25, 0.3) is 0 Å². The van der Waals surface area contributed by atoms with Crippen LogP contribution in [0.5, 0.6) is 5.75 Å². The molecule has 20 heavy (non-hydrogen) atoms. The molecule has 0 radical (unpaired) electrons. The van der Waals surface area contributed by atoms with Crippen molar-refractivity contribution in [2.45, 2.75) is 6.92 Å². The summed E-state index contributed by atoms with van der Waals surface area (Å²) in [5, 5.41) is 9.64. The van der Waals surface area contributed by atoms with Gasteiger partial charge in [-0.3, -0.25) is 0 Å². The molecule has 0 bridgehead atoms. The molecule has 0 aliphatic carbocycles. The zero-order chi connectivity index (χ0) is 14.4. The Kier molecular flexibility index (Phi) is 4.56. The molecule has 0 aromatic heterocycles. The lowest BCUT2D eigenvalue weighted by molar-refractivity contribution is -0.137. The van der Waals surface area contributed by atoms with Gasteiger partial charge in [-0.15, -0.1) is 0 Å². The Morgan fingerprint density at radius 1 is 1.20 bits per heavy atom. The zero-order valence-electron chi connectivity index (χ0n) is 11.2. The lowest BCUT2D eigenvalue weighted by Crippen LogP contribution is -1.98. The predicted octanol–water partition coefficient (Wildman–Crippen LogP) is 3.64. The summed E-state index contributed by atoms with van der Waals surface area (Å²) in [6, 6.07) is 14.7. The molecule has 0 amide bonds. The predicted molar refractivity (Wildman–Crippen MR) is 79.2 cm³/mol. The van der Waals surface area contributed by atoms with Crippen LogP contribution in [0.1, 0.15) is 12.5 Å². The van der Waals surface area contributed by atoms with Crippen molar-refractivity contribution < 1.29 is 14.6 Å². The number of carbonyl (C=O) groups is 1. The van der Waals surface area contributed by atoms with Crippen LogP contribution in [0, 0.1) is 0 Å². The minimum atomic E-state index is -0.375. The number of carbonyl (C=O) groups excluding carboxylic acids is 1. The summed E-state index contributed by atoms with van der Waals surface area (Å²) in [5.74, 6) is -0.184. The van der Waals surface area contributed by atoms with Gasteiger partial charge in [0.1, 0.15) is 5.75 Å². The van der Waals surface area contributed by atoms with Crippen LogP contribution >= 0.6 is 0 Å². The van der Waals surface area contributed by atoms with Gasteiger partial charge >= 0.3 is 5.97 Å². The Morgan fingerprint density at radius 2 is 1.95 bits per heavy atom. The third-order valence-electron chi connectivity index (χ3n) is 2.81. The highest BCUT2D eigenvalue weighted by Gasteiger charge is 2.04. The summed E-state index contributed by atoms with van der Waals surface area (Å²) in [5.41, 5.74) is 2.69. The fourth-order valence-corrected chi connectivity index (χ4v) is 1.91. The lowest BCUT2D eigenvalue weighted by atomic mass is 9.99. The summed E-state index contributed by atoms with van der Waals surface area (Å²) in [4.78, 5) is 11.4. The highest BCUT2D eigenvalue weighted by Crippen LogP contribution is 2.28. The highest BCUT2D eigenvalue weighted by molar-refractivity contribution is 5.89. The average Bonchev–Trinajstić information content (AvgIpc) is 2.47. The number of phenolic OH excluding ortho intramolecular Hbond substituents is 1. The summed E-state index contributed by atoms with van der Waals surface area (Å²) < 4.78 is 4.86. The summed E-state index contributed by atoms with van der Waals surface area (Å²) in [6.45, 7) is 2.12. The highest BCUT2D eigenvalue weighted by atomic mass is 16.5. The normalized spacial score (nSPS) is 10.7. The van der Waals surface area contributed by atoms with Gasteiger partial charge in [-0.2, -0.15) is 0 Å². The molecule has 0 spiro atoms. The maximum atomic E-state index is 11.4. The van der Waals surface area contributed by atoms with E-state index in [-0.39, 0.29) is 11.7 Å². The molecule has 0 fully saturated rings. The molecule has 3 heteroatoms. The molecule has 1 N–H and O–H groups in total. The lowest BCUT2D eigenvalue weighted by Gasteiger charge is -2.07. The van der Waals surface area contributed by atoms with Crippen LogP contribution < -0.4 is 0 Å². The molecule has 0 aliphatic heterocycles. The third kappa shape index (κ3) is 3.48. The molecule has 0 heterocycles. The van der Waals surface area contributed by atoms with E-state index in [9.17, 15) is 9.90 Å². The van der Waals surface area contributed by atoms with Crippen molar-refractivity contribution in [3.05, 3.63) is 60.2 Å². The van der Waals surface area contributed by atoms with Gasteiger partial charge in [0, 0.05) is 6.08 Å². The third-order valence-corrected chi connectivity index (χ3v) is 2.81. The van der Waals surface area contributed by atoms with Crippen molar-refractivity contribution in [1.82, 2.24) is 0 Å². The Hall–Kier alpha value is -2.55. The van der Waals surface area contributed by atoms with E-state index in [1.54, 1.807) is 31.2 Å². The first-order valence-corrected chi connectivity index (χ1v) is 6.44. The van der Waals surface area contributed by atoms with Crippen molar-refractivity contribution in [3.63, 3.8) is 0 Å². The molecule has 0 unspecified atom stereocenters. The zero-order valence-corrected chi connectivity index (χ0v) is 11.2. The first-order chi connectivity index (χ1) is 9.70. The van der Waals surface area contributed by atoms with Crippen molar-refractivity contribution in [3.8, 4) is 16.9 Å². The summed E-state index contributed by atoms with van der Waals surface area (Å²) in [6.07, 6.45) is 3.09. The topological polar surface area (TPSA) is 46.5 Å². The van der Waals surface area contributed by atoms with Crippen molar-refractivity contribution >= 4 is 12.0 Å². The van der Waals surface area contributed by atoms with E-state index in [1.165, 1.54) is 6.08 Å². The molecule has 3 nitrogen and oxygen atoms in total. The summed E-state index contributed by atoms with van der Waals surface area (Å²) in [7, 11) is 0. The average molecular weight is 268 g/mol. The Balaban J connectivity index is 2.37. The number of aromatic hydroxyl groups is 1. The van der Waals surface area contributed by atoms with Gasteiger partial charge < -0.3 is 9.84 Å². The number of phenols is 1. The molecule has 2 rings (SSSR count). The maximum absolute atomic E-state index is 11.4. The molecule has 0 saturated carbocycles. The first-order valence-electron chi connectivity index (χ1n) is 6.44. The maximum Gasteiger partial charge on any atom is 0.330 e. The minimum absolute atomic E-state index is 0.192. The van der Waals surface area contributed by atoms with E-state index in [0.717, 1.165) is 16.7 Å². The molecular formula is C17H16O3. The smallest absolute Gasteiger partial charge is 0.330 e. The quantitative estimate of drug-likeness (QED) is 0.680. The number of benzene rings is 2. The van der Waals surface area contributed by atoms with Crippen LogP contribution in [-0.4, -0.2) is 17.7 Å². The van der Waals surface area contributed by atoms with Crippen LogP contribution in [0.15, 0.2) is 54.6 Å². The number of hydrogen-bond acceptors (Lipinski definition) is 3. The standard InChI is InChI=1S/C17H16O3/c1-2-20-17(19)11-9-14-8-10-15(18)12-16(14)13-6-4-3-5-7-13/h3-12,18H,2H2,1H3. The van der Waals surface area contributed by atoms with Crippen molar-refractivity contribution in [2.75, 3.05) is 6.61 Å². The number of esters is 1. The van der Waals surface area contributed by atoms with E-state index in [2.05, 4.69) is 0 Å². The second kappa shape index (κ2) is 6.57. The molecule has 2 aromatic carbocycles. The van der Waals surface area contributed by atoms with Crippen LogP contribution in [0.3, 0.4) is 0 Å². The first kappa shape index (κ1) is 13.9. The molecular weight excluding hydrogens is 252 g/mol. The van der Waals surface area contributed by atoms with Crippen molar-refractivity contribution in [1.29, 1.82) is 0 Å².